The first-order valence-corrected chi connectivity index (χ1v) is 12.2. The second-order valence-electron chi connectivity index (χ2n) is 9.35. The van der Waals surface area contributed by atoms with Crippen LogP contribution in [-0.4, -0.2) is 57.9 Å². The highest BCUT2D eigenvalue weighted by molar-refractivity contribution is 6.05. The van der Waals surface area contributed by atoms with Gasteiger partial charge >= 0.3 is 6.18 Å². The van der Waals surface area contributed by atoms with Gasteiger partial charge in [0.1, 0.15) is 17.7 Å². The fourth-order valence-corrected chi connectivity index (χ4v) is 4.93. The van der Waals surface area contributed by atoms with Gasteiger partial charge in [0.25, 0.3) is 11.8 Å². The lowest BCUT2D eigenvalue weighted by molar-refractivity contribution is -0.713. The number of carbonyl (C=O) groups excluding carboxylic acids is 2. The number of benzene rings is 1. The summed E-state index contributed by atoms with van der Waals surface area (Å²) in [5, 5.41) is 2.41. The fourth-order valence-electron chi connectivity index (χ4n) is 4.93. The quantitative estimate of drug-likeness (QED) is 0.469. The number of pyridine rings is 1. The second kappa shape index (κ2) is 9.96. The topological polar surface area (TPSA) is 87.0 Å². The van der Waals surface area contributed by atoms with E-state index < -0.39 is 17.6 Å². The van der Waals surface area contributed by atoms with E-state index in [0.29, 0.717) is 12.4 Å². The Hall–Kier alpha value is -4.56. The molecule has 8 nitrogen and oxygen atoms in total. The number of hydrogen-bond donors (Lipinski definition) is 1. The Labute approximate surface area is 222 Å². The Kier molecular flexibility index (Phi) is 6.66. The maximum Gasteiger partial charge on any atom is 0.416 e. The van der Waals surface area contributed by atoms with Gasteiger partial charge in [-0.1, -0.05) is 5.92 Å². The number of aliphatic imine (C=N–C) groups is 2. The summed E-state index contributed by atoms with van der Waals surface area (Å²) in [4.78, 5) is 40.2. The average molecular weight is 534 g/mol. The largest absolute Gasteiger partial charge is 0.416 e. The number of alkyl halides is 3. The molecular weight excluding hydrogens is 509 g/mol. The number of nitrogens with one attached hydrogen (secondary N) is 1. The van der Waals surface area contributed by atoms with Crippen molar-refractivity contribution in [2.75, 3.05) is 18.9 Å². The average Bonchev–Trinajstić information content (AvgIpc) is 3.51. The van der Waals surface area contributed by atoms with Crippen LogP contribution in [0, 0.1) is 11.8 Å². The van der Waals surface area contributed by atoms with E-state index in [1.807, 2.05) is 13.2 Å². The first-order chi connectivity index (χ1) is 18.6. The third kappa shape index (κ3) is 4.86. The third-order valence-electron chi connectivity index (χ3n) is 6.87. The van der Waals surface area contributed by atoms with Crippen molar-refractivity contribution >= 4 is 29.7 Å². The van der Waals surface area contributed by atoms with E-state index in [1.165, 1.54) is 0 Å². The SMILES string of the molecule is CC#CC(=O)N1CCCC1C1=C2C=NC=C[N+]2(C)C(c2ccc(C(=O)Nc3cc(C(F)(F)F)ccn3)cc2)=N1. The zero-order valence-electron chi connectivity index (χ0n) is 21.2. The number of halogens is 3. The van der Waals surface area contributed by atoms with E-state index in [0.717, 1.165) is 48.1 Å². The first-order valence-electron chi connectivity index (χ1n) is 12.2. The molecule has 0 spiro atoms. The fraction of sp³-hybridized carbons (Fsp3) is 0.250. The lowest BCUT2D eigenvalue weighted by atomic mass is 10.1. The molecule has 5 rings (SSSR count). The van der Waals surface area contributed by atoms with Crippen LogP contribution in [0.4, 0.5) is 19.0 Å². The summed E-state index contributed by atoms with van der Waals surface area (Å²) in [6, 6.07) is 8.01. The minimum Gasteiger partial charge on any atom is -0.323 e. The van der Waals surface area contributed by atoms with Gasteiger partial charge in [0, 0.05) is 18.3 Å². The van der Waals surface area contributed by atoms with E-state index in [2.05, 4.69) is 27.1 Å². The molecule has 1 aromatic carbocycles. The van der Waals surface area contributed by atoms with Gasteiger partial charge in [-0.15, -0.1) is 0 Å². The number of amides is 2. The minimum atomic E-state index is -4.54. The Morgan fingerprint density at radius 2 is 1.95 bits per heavy atom. The van der Waals surface area contributed by atoms with Gasteiger partial charge in [0.2, 0.25) is 5.84 Å². The number of anilines is 1. The van der Waals surface area contributed by atoms with E-state index in [9.17, 15) is 22.8 Å². The number of hydrogen-bond acceptors (Lipinski definition) is 5. The summed E-state index contributed by atoms with van der Waals surface area (Å²) in [5.74, 6) is 4.96. The molecule has 2 atom stereocenters. The molecule has 2 unspecified atom stereocenters. The van der Waals surface area contributed by atoms with Crippen molar-refractivity contribution in [2.45, 2.75) is 32.0 Å². The van der Waals surface area contributed by atoms with Crippen molar-refractivity contribution in [1.29, 1.82) is 0 Å². The lowest BCUT2D eigenvalue weighted by Gasteiger charge is -2.29. The summed E-state index contributed by atoms with van der Waals surface area (Å²) < 4.78 is 39.2. The molecule has 39 heavy (non-hydrogen) atoms. The van der Waals surface area contributed by atoms with Gasteiger partial charge < -0.3 is 10.2 Å². The lowest BCUT2D eigenvalue weighted by Crippen LogP contribution is -2.43. The molecule has 2 aromatic rings. The molecule has 0 aliphatic carbocycles. The van der Waals surface area contributed by atoms with Gasteiger partial charge in [-0.3, -0.25) is 14.6 Å². The summed E-state index contributed by atoms with van der Waals surface area (Å²) in [5.41, 5.74) is 1.68. The van der Waals surface area contributed by atoms with E-state index in [1.54, 1.807) is 48.5 Å². The molecule has 3 aliphatic heterocycles. The van der Waals surface area contributed by atoms with Crippen LogP contribution in [-0.2, 0) is 11.0 Å². The van der Waals surface area contributed by atoms with Crippen molar-refractivity contribution in [2.24, 2.45) is 9.98 Å². The van der Waals surface area contributed by atoms with Crippen LogP contribution in [0.15, 0.2) is 76.4 Å². The van der Waals surface area contributed by atoms with Crippen molar-refractivity contribution in [3.05, 3.63) is 83.1 Å². The molecule has 4 heterocycles. The van der Waals surface area contributed by atoms with Gasteiger partial charge in [-0.2, -0.15) is 18.2 Å². The van der Waals surface area contributed by atoms with Gasteiger partial charge in [-0.05, 0) is 62.1 Å². The van der Waals surface area contributed by atoms with Crippen LogP contribution in [0.2, 0.25) is 0 Å². The van der Waals surface area contributed by atoms with Crippen molar-refractivity contribution in [1.82, 2.24) is 9.88 Å². The number of nitrogens with zero attached hydrogens (tertiary/aromatic N) is 5. The summed E-state index contributed by atoms with van der Waals surface area (Å²) in [6.07, 6.45) is 3.38. The highest BCUT2D eigenvalue weighted by Crippen LogP contribution is 2.38. The highest BCUT2D eigenvalue weighted by atomic mass is 19.4. The predicted molar refractivity (Wildman–Crippen MR) is 139 cm³/mol. The van der Waals surface area contributed by atoms with Crippen LogP contribution in [0.25, 0.3) is 0 Å². The number of carbonyl (C=O) groups is 2. The number of aromatic nitrogens is 1. The third-order valence-corrected chi connectivity index (χ3v) is 6.87. The molecule has 1 N–H and O–H groups in total. The Balaban J connectivity index is 1.41. The highest BCUT2D eigenvalue weighted by Gasteiger charge is 2.46. The molecular formula is C28H24F3N6O2+. The maximum absolute atomic E-state index is 13.0. The molecule has 0 saturated carbocycles. The minimum absolute atomic E-state index is 0.197. The van der Waals surface area contributed by atoms with Crippen molar-refractivity contribution in [3.63, 3.8) is 0 Å². The Morgan fingerprint density at radius 3 is 2.67 bits per heavy atom. The van der Waals surface area contributed by atoms with Crippen LogP contribution in [0.5, 0.6) is 0 Å². The number of fused-ring (bicyclic) bond motifs is 1. The summed E-state index contributed by atoms with van der Waals surface area (Å²) >= 11 is 0. The smallest absolute Gasteiger partial charge is 0.323 e. The number of allylic oxidation sites excluding steroid dienone is 1. The van der Waals surface area contributed by atoms with E-state index in [4.69, 9.17) is 4.99 Å². The second-order valence-corrected chi connectivity index (χ2v) is 9.35. The standard InChI is InChI=1S/C28H23F3N6O2/c1-3-5-24(38)36-14-4-6-21(36)25-22-17-32-13-15-37(22,2)26(35-25)18-7-9-19(10-8-18)27(39)34-23-16-20(11-12-33-23)28(29,30)31/h7-13,15-17,21H,4,6,14H2,1-2H3/p+1. The number of likely N-dealkylation sites (tertiary alicyclic amines) is 1. The van der Waals surface area contributed by atoms with Gasteiger partial charge in [-0.25, -0.2) is 9.47 Å². The molecule has 0 bridgehead atoms. The predicted octanol–water partition coefficient (Wildman–Crippen LogP) is 4.34. The van der Waals surface area contributed by atoms with Crippen LogP contribution in [0.3, 0.4) is 0 Å². The number of rotatable bonds is 4. The number of quaternary nitrogens is 1. The molecule has 11 heteroatoms. The van der Waals surface area contributed by atoms with Gasteiger partial charge in [0.05, 0.1) is 36.6 Å². The molecule has 198 valence electrons. The summed E-state index contributed by atoms with van der Waals surface area (Å²) in [7, 11) is 1.97. The van der Waals surface area contributed by atoms with Crippen LogP contribution in [0.1, 0.15) is 41.3 Å². The zero-order valence-corrected chi connectivity index (χ0v) is 21.2. The maximum atomic E-state index is 13.0. The van der Waals surface area contributed by atoms with E-state index in [-0.39, 0.29) is 27.8 Å². The molecule has 3 aliphatic rings. The Morgan fingerprint density at radius 1 is 1.18 bits per heavy atom. The van der Waals surface area contributed by atoms with Crippen LogP contribution >= 0.6 is 0 Å². The van der Waals surface area contributed by atoms with Crippen molar-refractivity contribution in [3.8, 4) is 11.8 Å². The molecule has 1 fully saturated rings. The molecule has 1 aromatic heterocycles. The van der Waals surface area contributed by atoms with Crippen LogP contribution < -0.4 is 5.32 Å². The summed E-state index contributed by atoms with van der Waals surface area (Å²) in [6.45, 7) is 2.23. The Bertz CT molecular complexity index is 1530. The molecule has 2 amide bonds. The molecule has 0 radical (unpaired) electrons. The number of amidine groups is 1. The zero-order chi connectivity index (χ0) is 27.8. The normalized spacial score (nSPS) is 21.8. The van der Waals surface area contributed by atoms with Gasteiger partial charge in [0.15, 0.2) is 5.70 Å². The monoisotopic (exact) mass is 533 g/mol. The van der Waals surface area contributed by atoms with Crippen molar-refractivity contribution < 1.29 is 27.2 Å². The first kappa shape index (κ1) is 26.1. The van der Waals surface area contributed by atoms with E-state index >= 15 is 0 Å². The molecule has 1 saturated heterocycles.